The molecule has 0 atom stereocenters. The summed E-state index contributed by atoms with van der Waals surface area (Å²) in [6, 6.07) is 0. The molecule has 7 nitrogen and oxygen atoms in total. The number of anilines is 1. The Kier molecular flexibility index (Phi) is 4.79. The van der Waals surface area contributed by atoms with Gasteiger partial charge in [-0.15, -0.1) is 0 Å². The average molecular weight is 293 g/mol. The number of nitrogens with zero attached hydrogens (tertiary/aromatic N) is 1. The molecular formula is C9H15N3O4S2. The second kappa shape index (κ2) is 5.74. The number of sulfonamides is 1. The van der Waals surface area contributed by atoms with E-state index in [1.807, 2.05) is 0 Å². The highest BCUT2D eigenvalue weighted by Gasteiger charge is 2.18. The van der Waals surface area contributed by atoms with Gasteiger partial charge in [0.1, 0.15) is 6.61 Å². The van der Waals surface area contributed by atoms with Crippen molar-refractivity contribution in [2.45, 2.75) is 31.1 Å². The van der Waals surface area contributed by atoms with Gasteiger partial charge in [-0.2, -0.15) is 0 Å². The van der Waals surface area contributed by atoms with Crippen molar-refractivity contribution in [1.29, 1.82) is 0 Å². The molecule has 0 radical (unpaired) electrons. The lowest BCUT2D eigenvalue weighted by Crippen LogP contribution is -2.20. The van der Waals surface area contributed by atoms with Crippen LogP contribution in [0, 0.1) is 6.92 Å². The SMILES string of the molecule is Cc1nc(NC(=O)COC(C)C)sc1S(N)(=O)=O. The Bertz CT molecular complexity index is 536. The Morgan fingerprint density at radius 1 is 1.56 bits per heavy atom. The molecule has 0 unspecified atom stereocenters. The Hall–Kier alpha value is -1.03. The molecule has 9 heteroatoms. The number of rotatable bonds is 5. The number of hydrogen-bond donors (Lipinski definition) is 2. The number of primary sulfonamides is 1. The molecule has 0 fully saturated rings. The smallest absolute Gasteiger partial charge is 0.252 e. The summed E-state index contributed by atoms with van der Waals surface area (Å²) in [6.07, 6.45) is -0.0613. The molecule has 0 saturated carbocycles. The number of carbonyl (C=O) groups excluding carboxylic acids is 1. The minimum absolute atomic E-state index is 0.0532. The summed E-state index contributed by atoms with van der Waals surface area (Å²) in [5.41, 5.74) is 0.266. The van der Waals surface area contributed by atoms with Crippen molar-refractivity contribution in [1.82, 2.24) is 4.98 Å². The van der Waals surface area contributed by atoms with E-state index in [4.69, 9.17) is 9.88 Å². The lowest BCUT2D eigenvalue weighted by molar-refractivity contribution is -0.121. The Balaban J connectivity index is 2.73. The fourth-order valence-electron chi connectivity index (χ4n) is 1.10. The van der Waals surface area contributed by atoms with E-state index in [0.717, 1.165) is 11.3 Å². The molecule has 0 aliphatic heterocycles. The second-order valence-corrected chi connectivity index (χ2v) is 6.60. The minimum Gasteiger partial charge on any atom is -0.369 e. The molecule has 1 amide bonds. The van der Waals surface area contributed by atoms with Gasteiger partial charge in [0.2, 0.25) is 10.0 Å². The molecule has 1 aromatic heterocycles. The van der Waals surface area contributed by atoms with Crippen LogP contribution in [0.15, 0.2) is 4.21 Å². The maximum Gasteiger partial charge on any atom is 0.252 e. The fourth-order valence-corrected chi connectivity index (χ4v) is 2.97. The topological polar surface area (TPSA) is 111 Å². The third kappa shape index (κ3) is 4.33. The first-order valence-electron chi connectivity index (χ1n) is 5.12. The van der Waals surface area contributed by atoms with Crippen LogP contribution in [-0.4, -0.2) is 32.0 Å². The summed E-state index contributed by atoms with van der Waals surface area (Å²) < 4.78 is 27.4. The van der Waals surface area contributed by atoms with E-state index in [-0.39, 0.29) is 27.7 Å². The lowest BCUT2D eigenvalue weighted by atomic mass is 10.5. The van der Waals surface area contributed by atoms with Crippen molar-refractivity contribution >= 4 is 32.4 Å². The summed E-state index contributed by atoms with van der Waals surface area (Å²) in [5.74, 6) is -0.390. The number of ether oxygens (including phenoxy) is 1. The quantitative estimate of drug-likeness (QED) is 0.819. The summed E-state index contributed by atoms with van der Waals surface area (Å²) in [6.45, 7) is 5.01. The van der Waals surface area contributed by atoms with Crippen molar-refractivity contribution < 1.29 is 17.9 Å². The van der Waals surface area contributed by atoms with Crippen molar-refractivity contribution in [3.63, 3.8) is 0 Å². The number of thiazole rings is 1. The van der Waals surface area contributed by atoms with Gasteiger partial charge in [-0.3, -0.25) is 10.1 Å². The normalized spacial score (nSPS) is 11.8. The minimum atomic E-state index is -3.80. The Labute approximate surface area is 109 Å². The van der Waals surface area contributed by atoms with Crippen LogP contribution >= 0.6 is 11.3 Å². The summed E-state index contributed by atoms with van der Waals surface area (Å²) in [4.78, 5) is 15.4. The van der Waals surface area contributed by atoms with Crippen LogP contribution in [-0.2, 0) is 19.6 Å². The second-order valence-electron chi connectivity index (χ2n) is 3.84. The van der Waals surface area contributed by atoms with E-state index in [2.05, 4.69) is 10.3 Å². The molecule has 102 valence electrons. The van der Waals surface area contributed by atoms with Crippen LogP contribution in [0.25, 0.3) is 0 Å². The van der Waals surface area contributed by atoms with Gasteiger partial charge in [0, 0.05) is 0 Å². The standard InChI is InChI=1S/C9H15N3O4S2/c1-5(2)16-4-7(13)12-9-11-6(3)8(17-9)18(10,14)15/h5H,4H2,1-3H3,(H2,10,14,15)(H,11,12,13). The number of aromatic nitrogens is 1. The van der Waals surface area contributed by atoms with Crippen LogP contribution < -0.4 is 10.5 Å². The van der Waals surface area contributed by atoms with E-state index in [0.29, 0.717) is 0 Å². The average Bonchev–Trinajstić information content (AvgIpc) is 2.56. The largest absolute Gasteiger partial charge is 0.369 e. The summed E-state index contributed by atoms with van der Waals surface area (Å²) in [5, 5.41) is 7.65. The van der Waals surface area contributed by atoms with E-state index in [9.17, 15) is 13.2 Å². The molecule has 1 heterocycles. The van der Waals surface area contributed by atoms with Crippen molar-refractivity contribution in [2.75, 3.05) is 11.9 Å². The molecule has 18 heavy (non-hydrogen) atoms. The molecule has 0 aliphatic carbocycles. The van der Waals surface area contributed by atoms with Crippen molar-refractivity contribution in [3.05, 3.63) is 5.69 Å². The fraction of sp³-hybridized carbons (Fsp3) is 0.556. The number of amides is 1. The van der Waals surface area contributed by atoms with Crippen molar-refractivity contribution in [3.8, 4) is 0 Å². The molecular weight excluding hydrogens is 278 g/mol. The highest BCUT2D eigenvalue weighted by molar-refractivity contribution is 7.91. The molecule has 0 aliphatic rings. The number of nitrogens with two attached hydrogens (primary N) is 1. The monoisotopic (exact) mass is 293 g/mol. The number of carbonyl (C=O) groups is 1. The van der Waals surface area contributed by atoms with Gasteiger partial charge in [0.05, 0.1) is 11.8 Å². The predicted octanol–water partition coefficient (Wildman–Crippen LogP) is 0.462. The summed E-state index contributed by atoms with van der Waals surface area (Å²) >= 11 is 0.817. The van der Waals surface area contributed by atoms with E-state index in [1.54, 1.807) is 13.8 Å². The zero-order valence-corrected chi connectivity index (χ0v) is 11.9. The Morgan fingerprint density at radius 2 is 2.17 bits per heavy atom. The molecule has 0 aromatic carbocycles. The van der Waals surface area contributed by atoms with Gasteiger partial charge in [0.15, 0.2) is 9.34 Å². The highest BCUT2D eigenvalue weighted by atomic mass is 32.2. The van der Waals surface area contributed by atoms with Crippen LogP contribution in [0.2, 0.25) is 0 Å². The molecule has 1 rings (SSSR count). The van der Waals surface area contributed by atoms with Crippen LogP contribution in [0.1, 0.15) is 19.5 Å². The van der Waals surface area contributed by atoms with E-state index < -0.39 is 15.9 Å². The molecule has 0 bridgehead atoms. The zero-order chi connectivity index (χ0) is 13.9. The highest BCUT2D eigenvalue weighted by Crippen LogP contribution is 2.25. The van der Waals surface area contributed by atoms with Crippen LogP contribution in [0.3, 0.4) is 0 Å². The number of nitrogens with one attached hydrogen (secondary N) is 1. The van der Waals surface area contributed by atoms with Gasteiger partial charge in [-0.1, -0.05) is 11.3 Å². The molecule has 3 N–H and O–H groups in total. The van der Waals surface area contributed by atoms with Crippen molar-refractivity contribution in [2.24, 2.45) is 5.14 Å². The number of aryl methyl sites for hydroxylation is 1. The van der Waals surface area contributed by atoms with Gasteiger partial charge in [-0.25, -0.2) is 18.5 Å². The summed E-state index contributed by atoms with van der Waals surface area (Å²) in [7, 11) is -3.80. The predicted molar refractivity (Wildman–Crippen MR) is 67.9 cm³/mol. The lowest BCUT2D eigenvalue weighted by Gasteiger charge is -2.06. The Morgan fingerprint density at radius 3 is 2.61 bits per heavy atom. The van der Waals surface area contributed by atoms with Gasteiger partial charge in [0.25, 0.3) is 5.91 Å². The van der Waals surface area contributed by atoms with E-state index in [1.165, 1.54) is 6.92 Å². The zero-order valence-electron chi connectivity index (χ0n) is 10.3. The van der Waals surface area contributed by atoms with Gasteiger partial charge in [-0.05, 0) is 20.8 Å². The van der Waals surface area contributed by atoms with Crippen LogP contribution in [0.4, 0.5) is 5.13 Å². The van der Waals surface area contributed by atoms with Gasteiger partial charge < -0.3 is 4.74 Å². The van der Waals surface area contributed by atoms with E-state index >= 15 is 0 Å². The first-order chi connectivity index (χ1) is 8.20. The maximum atomic E-state index is 11.4. The van der Waals surface area contributed by atoms with Gasteiger partial charge >= 0.3 is 0 Å². The molecule has 1 aromatic rings. The third-order valence-corrected chi connectivity index (χ3v) is 4.43. The third-order valence-electron chi connectivity index (χ3n) is 1.81. The molecule has 0 saturated heterocycles. The first-order valence-corrected chi connectivity index (χ1v) is 7.48. The number of hydrogen-bond acceptors (Lipinski definition) is 6. The molecule has 0 spiro atoms. The maximum absolute atomic E-state index is 11.4. The van der Waals surface area contributed by atoms with Crippen LogP contribution in [0.5, 0.6) is 0 Å². The first kappa shape index (κ1) is 15.0.